The van der Waals surface area contributed by atoms with Crippen LogP contribution in [0, 0.1) is 10.8 Å². The monoisotopic (exact) mass is 1060 g/mol. The maximum Gasteiger partial charge on any atom is 0.298 e. The molecule has 348 valence electrons. The van der Waals surface area contributed by atoms with Crippen LogP contribution >= 0.6 is 0 Å². The maximum atomic E-state index is 13.1. The van der Waals surface area contributed by atoms with E-state index in [0.717, 1.165) is 36.4 Å². The third kappa shape index (κ3) is 10.7. The Morgan fingerprint density at radius 2 is 0.688 bits per heavy atom. The minimum Gasteiger partial charge on any atom is -0.299 e. The van der Waals surface area contributed by atoms with Gasteiger partial charge in [0, 0.05) is 11.1 Å². The number of nitrogens with one attached hydrogen (secondary N) is 4. The highest BCUT2D eigenvalue weighted by molar-refractivity contribution is 7.92. The summed E-state index contributed by atoms with van der Waals surface area (Å²) in [7, 11) is -53.5. The lowest BCUT2D eigenvalue weighted by Crippen LogP contribution is -2.29. The van der Waals surface area contributed by atoms with E-state index in [1.165, 1.54) is 35.1 Å². The predicted molar refractivity (Wildman–Crippen MR) is 214 cm³/mol. The van der Waals surface area contributed by atoms with Gasteiger partial charge in [-0.3, -0.25) is 58.1 Å². The Kier molecular flexibility index (Phi) is 13.7. The van der Waals surface area contributed by atoms with Crippen LogP contribution < -0.4 is 10.9 Å². The summed E-state index contributed by atoms with van der Waals surface area (Å²) >= 11 is 0. The first-order valence-electron chi connectivity index (χ1n) is 15.5. The number of benzene rings is 4. The molecule has 4 rings (SSSR count). The first-order chi connectivity index (χ1) is 28.7. The second-order valence-electron chi connectivity index (χ2n) is 12.1. The van der Waals surface area contributed by atoms with E-state index in [0.29, 0.717) is 6.08 Å². The van der Waals surface area contributed by atoms with E-state index in [1.807, 2.05) is 0 Å². The summed E-state index contributed by atoms with van der Waals surface area (Å²) in [6, 6.07) is 11.7. The van der Waals surface area contributed by atoms with Gasteiger partial charge in [0.15, 0.2) is 0 Å². The average Bonchev–Trinajstić information content (AvgIpc) is 3.11. The fourth-order valence-electron chi connectivity index (χ4n) is 5.65. The Morgan fingerprint density at radius 1 is 0.375 bits per heavy atom. The topological polar surface area (TPSA) is 507 Å². The summed E-state index contributed by atoms with van der Waals surface area (Å²) in [5.74, 6) is 0. The summed E-state index contributed by atoms with van der Waals surface area (Å²) in [6.07, 6.45) is 0.898. The molecule has 0 radical (unpaired) electrons. The molecule has 0 aliphatic carbocycles. The smallest absolute Gasteiger partial charge is 0.298 e. The highest BCUT2D eigenvalue weighted by atomic mass is 32.3. The summed E-state index contributed by atoms with van der Waals surface area (Å²) in [5.41, 5.74) is -9.62. The summed E-state index contributed by atoms with van der Waals surface area (Å²) < 4.78 is 288. The fourth-order valence-corrected chi connectivity index (χ4v) is 15.5. The van der Waals surface area contributed by atoms with Gasteiger partial charge < -0.3 is 0 Å². The van der Waals surface area contributed by atoms with Crippen LogP contribution in [-0.4, -0.2) is 115 Å². The van der Waals surface area contributed by atoms with E-state index in [2.05, 4.69) is 0 Å². The molecular weight excluding hydrogens is 1030 g/mol. The van der Waals surface area contributed by atoms with Crippen LogP contribution in [0.1, 0.15) is 22.3 Å². The first-order valence-corrected chi connectivity index (χ1v) is 27.0. The van der Waals surface area contributed by atoms with Gasteiger partial charge in [0.25, 0.3) is 80.9 Å². The Hall–Kier alpha value is -5.16. The summed E-state index contributed by atoms with van der Waals surface area (Å²) in [4.78, 5) is -21.9. The predicted octanol–water partition coefficient (Wildman–Crippen LogP) is 0.706. The van der Waals surface area contributed by atoms with Gasteiger partial charge in [0.2, 0.25) is 0 Å². The molecule has 0 unspecified atom stereocenters. The van der Waals surface area contributed by atoms with Crippen LogP contribution in [0.25, 0.3) is 12.2 Å². The number of hydrazine groups is 1. The second kappa shape index (κ2) is 17.0. The number of hydrogen-bond acceptors (Lipinski definition) is 20. The van der Waals surface area contributed by atoms with Gasteiger partial charge >= 0.3 is 0 Å². The minimum atomic E-state index is -6.80. The van der Waals surface area contributed by atoms with Crippen LogP contribution in [0.15, 0.2) is 99.8 Å². The molecule has 12 N–H and O–H groups in total. The molecule has 0 saturated heterocycles. The Balaban J connectivity index is 2.51. The quantitative estimate of drug-likeness (QED) is 0.0318. The molecule has 0 bridgehead atoms. The van der Waals surface area contributed by atoms with Crippen LogP contribution in [0.2, 0.25) is 0 Å². The fraction of sp³-hybridized carbons (Fsp3) is 0. The Bertz CT molecular complexity index is 3650. The summed E-state index contributed by atoms with van der Waals surface area (Å²) in [5, 5.41) is 17.2. The van der Waals surface area contributed by atoms with E-state index in [4.69, 9.17) is 10.8 Å². The van der Waals surface area contributed by atoms with E-state index < -0.39 is 160 Å². The molecule has 0 heterocycles. The zero-order valence-electron chi connectivity index (χ0n) is 30.3. The highest BCUT2D eigenvalue weighted by Crippen LogP contribution is 2.46. The zero-order valence-corrected chi connectivity index (χ0v) is 36.8. The normalized spacial score (nSPS) is 13.4. The van der Waals surface area contributed by atoms with Gasteiger partial charge in [-0.05, 0) is 5.56 Å². The van der Waals surface area contributed by atoms with Crippen molar-refractivity contribution < 1.29 is 104 Å². The van der Waals surface area contributed by atoms with Crippen LogP contribution in [0.4, 0.5) is 11.4 Å². The lowest BCUT2D eigenvalue weighted by Gasteiger charge is -2.25. The van der Waals surface area contributed by atoms with E-state index in [9.17, 15) is 104 Å². The molecule has 0 fully saturated rings. The third-order valence-electron chi connectivity index (χ3n) is 7.86. The Labute approximate surface area is 361 Å². The van der Waals surface area contributed by atoms with Crippen molar-refractivity contribution in [3.63, 3.8) is 0 Å². The van der Waals surface area contributed by atoms with Gasteiger partial charge in [-0.1, -0.05) is 72.8 Å². The largest absolute Gasteiger partial charge is 0.299 e. The molecule has 0 aliphatic heterocycles. The zero-order chi connectivity index (χ0) is 49.1. The standard InChI is InChI=1S/C28H24N4O24S8/c29-17(14-9-5-2-6-10-14)18(30)16-20(24(60(42,43)44)28(64(54,55)56)26(62(48,49)50)22(16)58(36,37)38)32-31-19-15(12-11-13-7-3-1-4-8-13)21(57(33,34)35)25(61(45,46)47)27(63(51,52)53)23(19)59(39,40)41/h1-12,29-32H,(H,33,34,35)(H,36,37,38)(H,39,40,41)(H,42,43,44)(H,45,46,47)(H,48,49,50)(H,51,52,53)(H,54,55,56). The van der Waals surface area contributed by atoms with Gasteiger partial charge in [-0.2, -0.15) is 67.3 Å². The average molecular weight is 1060 g/mol. The van der Waals surface area contributed by atoms with Gasteiger partial charge in [-0.25, -0.2) is 0 Å². The van der Waals surface area contributed by atoms with Crippen molar-refractivity contribution in [1.82, 2.24) is 0 Å². The SMILES string of the molecule is N=C(C(=N)c1c(NNc2c(C=Cc3ccccc3)c(S(=O)(=O)O)c(S(=O)(=O)O)c(S(=O)(=O)O)c2S(=O)(=O)O)c(S(=O)(=O)O)c(S(=O)(=O)O)c(S(=O)(=O)O)c1S(=O)(=O)O)c1ccccc1. The maximum absolute atomic E-state index is 13.1. The van der Waals surface area contributed by atoms with Crippen molar-refractivity contribution in [2.75, 3.05) is 10.9 Å². The molecule has 0 saturated carbocycles. The molecule has 64 heavy (non-hydrogen) atoms. The minimum absolute atomic E-state index is 0.108. The molecular formula is C28H24N4O24S8. The van der Waals surface area contributed by atoms with Crippen LogP contribution in [0.3, 0.4) is 0 Å². The third-order valence-corrected chi connectivity index (χ3v) is 16.0. The number of rotatable bonds is 16. The molecule has 4 aromatic carbocycles. The lowest BCUT2D eigenvalue weighted by molar-refractivity contribution is 0.447. The van der Waals surface area contributed by atoms with Crippen molar-refractivity contribution in [2.45, 2.75) is 39.2 Å². The number of hydrogen-bond donors (Lipinski definition) is 12. The molecule has 0 spiro atoms. The van der Waals surface area contributed by atoms with E-state index >= 15 is 0 Å². The van der Waals surface area contributed by atoms with Crippen LogP contribution in [-0.2, 0) is 80.9 Å². The van der Waals surface area contributed by atoms with Gasteiger partial charge in [0.1, 0.15) is 39.2 Å². The lowest BCUT2D eigenvalue weighted by atomic mass is 9.98. The van der Waals surface area contributed by atoms with Crippen molar-refractivity contribution in [3.05, 3.63) is 82.9 Å². The molecule has 0 aliphatic rings. The van der Waals surface area contributed by atoms with Gasteiger partial charge in [0.05, 0.1) is 28.4 Å². The summed E-state index contributed by atoms with van der Waals surface area (Å²) in [6.45, 7) is 0. The van der Waals surface area contributed by atoms with Crippen molar-refractivity contribution in [2.24, 2.45) is 0 Å². The van der Waals surface area contributed by atoms with Crippen molar-refractivity contribution in [3.8, 4) is 0 Å². The van der Waals surface area contributed by atoms with Crippen LogP contribution in [0.5, 0.6) is 0 Å². The molecule has 36 heteroatoms. The number of anilines is 2. The molecule has 0 amide bonds. The van der Waals surface area contributed by atoms with Crippen molar-refractivity contribution >= 4 is 116 Å². The highest BCUT2D eigenvalue weighted by Gasteiger charge is 2.46. The molecule has 4 aromatic rings. The molecule has 0 aromatic heterocycles. The van der Waals surface area contributed by atoms with Crippen molar-refractivity contribution in [1.29, 1.82) is 10.8 Å². The molecule has 0 atom stereocenters. The van der Waals surface area contributed by atoms with E-state index in [-0.39, 0.29) is 11.6 Å². The second-order valence-corrected chi connectivity index (χ2v) is 22.9. The van der Waals surface area contributed by atoms with Gasteiger partial charge in [-0.15, -0.1) is 0 Å². The van der Waals surface area contributed by atoms with E-state index in [1.54, 1.807) is 0 Å². The Morgan fingerprint density at radius 3 is 1.06 bits per heavy atom. The molecule has 28 nitrogen and oxygen atoms in total. The first kappa shape index (κ1) is 51.5.